The molecule has 0 spiro atoms. The van der Waals surface area contributed by atoms with Gasteiger partial charge in [-0.15, -0.1) is 23.7 Å². The van der Waals surface area contributed by atoms with Crippen molar-refractivity contribution in [1.29, 1.82) is 0 Å². The average molecular weight is 472 g/mol. The van der Waals surface area contributed by atoms with Crippen molar-refractivity contribution in [2.45, 2.75) is 38.1 Å². The monoisotopic (exact) mass is 471 g/mol. The summed E-state index contributed by atoms with van der Waals surface area (Å²) in [5, 5.41) is 10.9. The molecule has 2 aromatic carbocycles. The molecule has 170 valence electrons. The van der Waals surface area contributed by atoms with Crippen LogP contribution in [0.2, 0.25) is 0 Å². The lowest BCUT2D eigenvalue weighted by Gasteiger charge is -2.24. The number of hydrogen-bond acceptors (Lipinski definition) is 4. The number of carboxylic acids is 1. The van der Waals surface area contributed by atoms with E-state index in [1.54, 1.807) is 11.3 Å². The number of rotatable bonds is 10. The van der Waals surface area contributed by atoms with Crippen molar-refractivity contribution in [1.82, 2.24) is 4.90 Å². The SMILES string of the molecule is Cl.O=C(O)CCCN1CCCC1COc1ccc(Cc2ccc(-c3cccs3)cc2)cc1. The third kappa shape index (κ3) is 6.83. The minimum absolute atomic E-state index is 0. The Morgan fingerprint density at radius 1 is 1.06 bits per heavy atom. The molecular formula is C26H30ClNO3S. The molecular weight excluding hydrogens is 442 g/mol. The molecule has 0 radical (unpaired) electrons. The molecule has 1 aromatic heterocycles. The molecule has 0 aliphatic carbocycles. The number of carbonyl (C=O) groups is 1. The van der Waals surface area contributed by atoms with Gasteiger partial charge in [-0.05, 0) is 79.0 Å². The van der Waals surface area contributed by atoms with E-state index in [1.807, 2.05) is 0 Å². The van der Waals surface area contributed by atoms with Crippen LogP contribution in [0.3, 0.4) is 0 Å². The molecule has 1 aliphatic heterocycles. The van der Waals surface area contributed by atoms with Crippen LogP contribution >= 0.6 is 23.7 Å². The van der Waals surface area contributed by atoms with Gasteiger partial charge < -0.3 is 9.84 Å². The van der Waals surface area contributed by atoms with Gasteiger partial charge in [0.25, 0.3) is 0 Å². The molecule has 1 N–H and O–H groups in total. The van der Waals surface area contributed by atoms with Crippen molar-refractivity contribution >= 4 is 29.7 Å². The van der Waals surface area contributed by atoms with Crippen LogP contribution in [0, 0.1) is 0 Å². The quantitative estimate of drug-likeness (QED) is 0.386. The zero-order valence-electron chi connectivity index (χ0n) is 18.1. The number of nitrogens with zero attached hydrogens (tertiary/aromatic N) is 1. The Labute approximate surface area is 200 Å². The van der Waals surface area contributed by atoms with Crippen LogP contribution in [0.4, 0.5) is 0 Å². The van der Waals surface area contributed by atoms with Crippen molar-refractivity contribution in [2.24, 2.45) is 0 Å². The fraction of sp³-hybridized carbons (Fsp3) is 0.346. The Kier molecular flexibility index (Phi) is 9.15. The Morgan fingerprint density at radius 2 is 1.78 bits per heavy atom. The van der Waals surface area contributed by atoms with Gasteiger partial charge in [-0.3, -0.25) is 9.69 Å². The predicted octanol–water partition coefficient (Wildman–Crippen LogP) is 6.14. The summed E-state index contributed by atoms with van der Waals surface area (Å²) in [5.41, 5.74) is 3.84. The summed E-state index contributed by atoms with van der Waals surface area (Å²) >= 11 is 1.77. The van der Waals surface area contributed by atoms with Gasteiger partial charge in [-0.2, -0.15) is 0 Å². The number of thiophene rings is 1. The van der Waals surface area contributed by atoms with Gasteiger partial charge in [0.15, 0.2) is 0 Å². The summed E-state index contributed by atoms with van der Waals surface area (Å²) in [6.07, 6.45) is 4.13. The highest BCUT2D eigenvalue weighted by Gasteiger charge is 2.24. The summed E-state index contributed by atoms with van der Waals surface area (Å²) < 4.78 is 6.05. The summed E-state index contributed by atoms with van der Waals surface area (Å²) in [6.45, 7) is 2.54. The lowest BCUT2D eigenvalue weighted by atomic mass is 10.0. The topological polar surface area (TPSA) is 49.8 Å². The Morgan fingerprint density at radius 3 is 2.44 bits per heavy atom. The first-order valence-corrected chi connectivity index (χ1v) is 11.9. The molecule has 0 saturated carbocycles. The number of halogens is 1. The highest BCUT2D eigenvalue weighted by molar-refractivity contribution is 7.13. The number of likely N-dealkylation sites (tertiary alicyclic amines) is 1. The van der Waals surface area contributed by atoms with Crippen LogP contribution in [0.15, 0.2) is 66.0 Å². The van der Waals surface area contributed by atoms with Crippen LogP contribution in [-0.4, -0.2) is 41.7 Å². The molecule has 0 amide bonds. The number of hydrogen-bond donors (Lipinski definition) is 1. The van der Waals surface area contributed by atoms with Gasteiger partial charge >= 0.3 is 5.97 Å². The van der Waals surface area contributed by atoms with E-state index in [2.05, 4.69) is 70.9 Å². The van der Waals surface area contributed by atoms with Crippen LogP contribution in [-0.2, 0) is 11.2 Å². The van der Waals surface area contributed by atoms with Crippen LogP contribution in [0.5, 0.6) is 5.75 Å². The van der Waals surface area contributed by atoms with E-state index in [0.29, 0.717) is 19.1 Å². The van der Waals surface area contributed by atoms with Crippen LogP contribution in [0.25, 0.3) is 10.4 Å². The molecule has 1 unspecified atom stereocenters. The van der Waals surface area contributed by atoms with Gasteiger partial charge in [0, 0.05) is 17.3 Å². The first-order valence-electron chi connectivity index (χ1n) is 11.0. The second-order valence-electron chi connectivity index (χ2n) is 8.14. The third-order valence-electron chi connectivity index (χ3n) is 5.87. The van der Waals surface area contributed by atoms with Crippen molar-refractivity contribution in [3.05, 3.63) is 77.2 Å². The number of ether oxygens (including phenoxy) is 1. The second kappa shape index (κ2) is 12.0. The summed E-state index contributed by atoms with van der Waals surface area (Å²) in [6, 6.07) is 21.8. The van der Waals surface area contributed by atoms with Gasteiger partial charge in [0.05, 0.1) is 0 Å². The Bertz CT molecular complexity index is 958. The molecule has 6 heteroatoms. The normalized spacial score (nSPS) is 15.9. The Balaban J connectivity index is 0.00000289. The van der Waals surface area contributed by atoms with Crippen LogP contribution in [0.1, 0.15) is 36.8 Å². The van der Waals surface area contributed by atoms with E-state index in [-0.39, 0.29) is 18.8 Å². The minimum Gasteiger partial charge on any atom is -0.492 e. The van der Waals surface area contributed by atoms with E-state index >= 15 is 0 Å². The minimum atomic E-state index is -0.717. The van der Waals surface area contributed by atoms with Crippen LogP contribution < -0.4 is 4.74 Å². The molecule has 2 heterocycles. The number of benzene rings is 2. The maximum Gasteiger partial charge on any atom is 0.303 e. The fourth-order valence-corrected chi connectivity index (χ4v) is 4.91. The largest absolute Gasteiger partial charge is 0.492 e. The molecule has 1 aliphatic rings. The van der Waals surface area contributed by atoms with E-state index in [9.17, 15) is 4.79 Å². The lowest BCUT2D eigenvalue weighted by Crippen LogP contribution is -2.35. The lowest BCUT2D eigenvalue weighted by molar-refractivity contribution is -0.137. The van der Waals surface area contributed by atoms with Crippen molar-refractivity contribution in [3.8, 4) is 16.2 Å². The van der Waals surface area contributed by atoms with Crippen molar-refractivity contribution in [2.75, 3.05) is 19.7 Å². The molecule has 4 nitrogen and oxygen atoms in total. The predicted molar refractivity (Wildman–Crippen MR) is 133 cm³/mol. The summed E-state index contributed by atoms with van der Waals surface area (Å²) in [5.74, 6) is 0.180. The maximum atomic E-state index is 10.7. The van der Waals surface area contributed by atoms with E-state index in [4.69, 9.17) is 9.84 Å². The van der Waals surface area contributed by atoms with Gasteiger partial charge in [-0.1, -0.05) is 42.5 Å². The second-order valence-corrected chi connectivity index (χ2v) is 9.08. The molecule has 1 atom stereocenters. The van der Waals surface area contributed by atoms with E-state index in [1.165, 1.54) is 21.6 Å². The molecule has 0 bridgehead atoms. The molecule has 1 fully saturated rings. The third-order valence-corrected chi connectivity index (χ3v) is 6.79. The summed E-state index contributed by atoms with van der Waals surface area (Å²) in [4.78, 5) is 14.4. The molecule has 1 saturated heterocycles. The van der Waals surface area contributed by atoms with E-state index in [0.717, 1.165) is 38.1 Å². The van der Waals surface area contributed by atoms with Gasteiger partial charge in [-0.25, -0.2) is 0 Å². The summed E-state index contributed by atoms with van der Waals surface area (Å²) in [7, 11) is 0. The molecule has 32 heavy (non-hydrogen) atoms. The maximum absolute atomic E-state index is 10.7. The first kappa shape index (κ1) is 24.3. The number of aliphatic carboxylic acids is 1. The fourth-order valence-electron chi connectivity index (χ4n) is 4.17. The molecule has 4 rings (SSSR count). The Hall–Kier alpha value is -2.34. The van der Waals surface area contributed by atoms with Gasteiger partial charge in [0.1, 0.15) is 12.4 Å². The average Bonchev–Trinajstić information content (AvgIpc) is 3.46. The highest BCUT2D eigenvalue weighted by Crippen LogP contribution is 2.25. The van der Waals surface area contributed by atoms with E-state index < -0.39 is 5.97 Å². The van der Waals surface area contributed by atoms with Gasteiger partial charge in [0.2, 0.25) is 0 Å². The standard InChI is InChI=1S/C26H29NO3S.ClH/c28-26(29)6-2-16-27-15-1-4-23(27)19-30-24-13-9-21(10-14-24)18-20-7-11-22(12-8-20)25-5-3-17-31-25;/h3,5,7-14,17,23H,1-2,4,6,15-16,18-19H2,(H,28,29);1H. The number of carboxylic acid groups (broad SMARTS) is 1. The van der Waals surface area contributed by atoms with Crippen molar-refractivity contribution < 1.29 is 14.6 Å². The smallest absolute Gasteiger partial charge is 0.303 e. The molecule has 3 aromatic rings. The van der Waals surface area contributed by atoms with Crippen molar-refractivity contribution in [3.63, 3.8) is 0 Å². The highest BCUT2D eigenvalue weighted by atomic mass is 35.5. The first-order chi connectivity index (χ1) is 15.2. The zero-order valence-corrected chi connectivity index (χ0v) is 19.7. The zero-order chi connectivity index (χ0) is 21.5.